The first kappa shape index (κ1) is 14.5. The van der Waals surface area contributed by atoms with Crippen molar-refractivity contribution in [2.24, 2.45) is 0 Å². The second kappa shape index (κ2) is 5.39. The lowest BCUT2D eigenvalue weighted by Gasteiger charge is -2.36. The van der Waals surface area contributed by atoms with Crippen molar-refractivity contribution in [3.8, 4) is 0 Å². The van der Waals surface area contributed by atoms with Crippen LogP contribution >= 0.6 is 11.8 Å². The molecule has 1 aliphatic rings. The maximum Gasteiger partial charge on any atom is 0.207 e. The summed E-state index contributed by atoms with van der Waals surface area (Å²) in [6, 6.07) is 0. The van der Waals surface area contributed by atoms with Crippen molar-refractivity contribution in [2.45, 2.75) is 50.6 Å². The highest BCUT2D eigenvalue weighted by Crippen LogP contribution is 2.37. The minimum absolute atomic E-state index is 0.104. The van der Waals surface area contributed by atoms with Gasteiger partial charge in [0.05, 0.1) is 12.7 Å². The Bertz CT molecular complexity index is 228. The van der Waals surface area contributed by atoms with Crippen LogP contribution in [-0.2, 0) is 13.9 Å². The van der Waals surface area contributed by atoms with Crippen LogP contribution in [0.2, 0.25) is 18.1 Å². The summed E-state index contributed by atoms with van der Waals surface area (Å²) in [5.74, 6) is 0.965. The Morgan fingerprint density at radius 2 is 2.00 bits per heavy atom. The zero-order chi connectivity index (χ0) is 12.4. The molecule has 1 heterocycles. The van der Waals surface area contributed by atoms with Gasteiger partial charge in [-0.05, 0) is 18.1 Å². The zero-order valence-corrected chi connectivity index (χ0v) is 13.0. The first-order valence-electron chi connectivity index (χ1n) is 5.70. The summed E-state index contributed by atoms with van der Waals surface area (Å²) in [6.45, 7) is 12.0. The fourth-order valence-electron chi connectivity index (χ4n) is 1.15. The van der Waals surface area contributed by atoms with Crippen LogP contribution in [0.1, 0.15) is 20.8 Å². The molecule has 0 aromatic carbocycles. The summed E-state index contributed by atoms with van der Waals surface area (Å²) in [7, 11) is 0.0406. The van der Waals surface area contributed by atoms with Gasteiger partial charge in [0, 0.05) is 12.9 Å². The maximum atomic E-state index is 6.12. The Hall–Kier alpha value is 0.447. The molecule has 0 spiro atoms. The van der Waals surface area contributed by atoms with Gasteiger partial charge in [-0.25, -0.2) is 0 Å². The van der Waals surface area contributed by atoms with E-state index in [1.54, 1.807) is 18.9 Å². The van der Waals surface area contributed by atoms with E-state index >= 15 is 0 Å². The lowest BCUT2D eigenvalue weighted by Crippen LogP contribution is -2.43. The smallest absolute Gasteiger partial charge is 0.207 e. The van der Waals surface area contributed by atoms with E-state index in [1.807, 2.05) is 0 Å². The van der Waals surface area contributed by atoms with E-state index < -0.39 is 8.32 Å². The summed E-state index contributed by atoms with van der Waals surface area (Å²) in [5.41, 5.74) is -0.104. The molecule has 0 aliphatic carbocycles. The lowest BCUT2D eigenvalue weighted by molar-refractivity contribution is -0.0890. The molecular weight excluding hydrogens is 240 g/mol. The molecule has 96 valence electrons. The van der Waals surface area contributed by atoms with Crippen molar-refractivity contribution in [3.63, 3.8) is 0 Å². The molecule has 5 heteroatoms. The van der Waals surface area contributed by atoms with Gasteiger partial charge in [-0.15, -0.1) is 0 Å². The Labute approximate surface area is 104 Å². The molecule has 0 aromatic heterocycles. The number of thioether (sulfide) groups is 1. The van der Waals surface area contributed by atoms with Gasteiger partial charge in [0.2, 0.25) is 5.62 Å². The van der Waals surface area contributed by atoms with Crippen molar-refractivity contribution >= 4 is 20.1 Å². The van der Waals surface area contributed by atoms with Crippen molar-refractivity contribution in [1.82, 2.24) is 0 Å². The molecule has 0 N–H and O–H groups in total. The fraction of sp³-hybridized carbons (Fsp3) is 1.00. The largest absolute Gasteiger partial charge is 0.414 e. The number of hydrogen-bond donors (Lipinski definition) is 0. The van der Waals surface area contributed by atoms with Gasteiger partial charge in [0.15, 0.2) is 8.32 Å². The topological polar surface area (TPSA) is 27.7 Å². The van der Waals surface area contributed by atoms with Crippen molar-refractivity contribution in [1.29, 1.82) is 0 Å². The number of ether oxygens (including phenoxy) is 2. The molecule has 2 atom stereocenters. The summed E-state index contributed by atoms with van der Waals surface area (Å²) in [4.78, 5) is 0. The van der Waals surface area contributed by atoms with Crippen LogP contribution in [0, 0.1) is 0 Å². The van der Waals surface area contributed by atoms with Gasteiger partial charge < -0.3 is 13.9 Å². The third-order valence-corrected chi connectivity index (χ3v) is 8.99. The van der Waals surface area contributed by atoms with Crippen molar-refractivity contribution in [2.75, 3.05) is 19.5 Å². The minimum atomic E-state index is -1.63. The van der Waals surface area contributed by atoms with Gasteiger partial charge in [0.25, 0.3) is 0 Å². The minimum Gasteiger partial charge on any atom is -0.414 e. The van der Waals surface area contributed by atoms with Gasteiger partial charge >= 0.3 is 0 Å². The average molecular weight is 264 g/mol. The van der Waals surface area contributed by atoms with Crippen molar-refractivity contribution in [3.05, 3.63) is 0 Å². The Balaban J connectivity index is 2.35. The molecule has 3 nitrogen and oxygen atoms in total. The van der Waals surface area contributed by atoms with Crippen LogP contribution in [0.25, 0.3) is 0 Å². The van der Waals surface area contributed by atoms with Gasteiger partial charge in [-0.3, -0.25) is 0 Å². The average Bonchev–Trinajstić information content (AvgIpc) is 2.60. The Morgan fingerprint density at radius 3 is 2.44 bits per heavy atom. The summed E-state index contributed by atoms with van der Waals surface area (Å²) in [5, 5.41) is 0.263. The van der Waals surface area contributed by atoms with E-state index in [1.165, 1.54) is 0 Å². The van der Waals surface area contributed by atoms with Crippen LogP contribution in [0.3, 0.4) is 0 Å². The van der Waals surface area contributed by atoms with E-state index in [0.29, 0.717) is 6.61 Å². The summed E-state index contributed by atoms with van der Waals surface area (Å²) >= 11 is 1.70. The molecule has 1 rings (SSSR count). The molecule has 0 aromatic rings. The summed E-state index contributed by atoms with van der Waals surface area (Å²) in [6.07, 6.45) is 0.184. The number of rotatable bonds is 4. The predicted octanol–water partition coefficient (Wildman–Crippen LogP) is 3.07. The molecule has 1 saturated heterocycles. The highest BCUT2D eigenvalue weighted by molar-refractivity contribution is 7.99. The molecule has 0 amide bonds. The number of hydrogen-bond acceptors (Lipinski definition) is 4. The van der Waals surface area contributed by atoms with Crippen LogP contribution in [-0.4, -0.2) is 39.5 Å². The van der Waals surface area contributed by atoms with Crippen LogP contribution < -0.4 is 0 Å². The predicted molar refractivity (Wildman–Crippen MR) is 71.3 cm³/mol. The van der Waals surface area contributed by atoms with E-state index in [2.05, 4.69) is 33.9 Å². The van der Waals surface area contributed by atoms with Crippen LogP contribution in [0.15, 0.2) is 0 Å². The lowest BCUT2D eigenvalue weighted by atomic mass is 10.2. The summed E-state index contributed by atoms with van der Waals surface area (Å²) < 4.78 is 16.9. The third kappa shape index (κ3) is 3.73. The fourth-order valence-corrected chi connectivity index (χ4v) is 3.10. The first-order chi connectivity index (χ1) is 7.26. The Morgan fingerprint density at radius 1 is 1.38 bits per heavy atom. The molecule has 0 saturated carbocycles. The molecule has 16 heavy (non-hydrogen) atoms. The number of methoxy groups -OCH3 is 1. The zero-order valence-electron chi connectivity index (χ0n) is 11.2. The molecular formula is C11H24O3SSi. The SMILES string of the molecule is COC1O[C@@H](CO[Si](C)(C)C(C)(C)C)CS1. The Kier molecular flexibility index (Phi) is 4.89. The van der Waals surface area contributed by atoms with Crippen molar-refractivity contribution < 1.29 is 13.9 Å². The normalized spacial score (nSPS) is 27.4. The molecule has 1 fully saturated rings. The molecule has 0 bridgehead atoms. The van der Waals surface area contributed by atoms with Gasteiger partial charge in [0.1, 0.15) is 0 Å². The van der Waals surface area contributed by atoms with E-state index in [9.17, 15) is 0 Å². The molecule has 0 radical (unpaired) electrons. The van der Waals surface area contributed by atoms with E-state index in [4.69, 9.17) is 13.9 Å². The molecule has 1 aliphatic heterocycles. The molecule has 1 unspecified atom stereocenters. The second-order valence-corrected chi connectivity index (χ2v) is 11.5. The van der Waals surface area contributed by atoms with Crippen LogP contribution in [0.4, 0.5) is 0 Å². The highest BCUT2D eigenvalue weighted by atomic mass is 32.2. The quantitative estimate of drug-likeness (QED) is 0.729. The standard InChI is InChI=1S/C11H24O3SSi/c1-11(2,3)16(5,6)13-7-9-8-15-10(12-4)14-9/h9-10H,7-8H2,1-6H3/t9-,10?/m0/s1. The van der Waals surface area contributed by atoms with E-state index in [0.717, 1.165) is 5.75 Å². The first-order valence-corrected chi connectivity index (χ1v) is 9.66. The monoisotopic (exact) mass is 264 g/mol. The van der Waals surface area contributed by atoms with E-state index in [-0.39, 0.29) is 16.8 Å². The highest BCUT2D eigenvalue weighted by Gasteiger charge is 2.38. The third-order valence-electron chi connectivity index (χ3n) is 3.35. The second-order valence-electron chi connectivity index (χ2n) is 5.69. The van der Waals surface area contributed by atoms with Crippen LogP contribution in [0.5, 0.6) is 0 Å². The van der Waals surface area contributed by atoms with Gasteiger partial charge in [-0.2, -0.15) is 0 Å². The van der Waals surface area contributed by atoms with Gasteiger partial charge in [-0.1, -0.05) is 32.5 Å². The maximum absolute atomic E-state index is 6.12.